The zero-order chi connectivity index (χ0) is 17.5. The predicted octanol–water partition coefficient (Wildman–Crippen LogP) is 1.43. The quantitative estimate of drug-likeness (QED) is 0.666. The Morgan fingerprint density at radius 3 is 2.71 bits per heavy atom. The number of benzene rings is 1. The highest BCUT2D eigenvalue weighted by Gasteiger charge is 2.50. The van der Waals surface area contributed by atoms with Crippen molar-refractivity contribution in [3.05, 3.63) is 28.5 Å². The highest BCUT2D eigenvalue weighted by molar-refractivity contribution is 9.10. The third-order valence-corrected chi connectivity index (χ3v) is 6.88. The van der Waals surface area contributed by atoms with E-state index in [1.165, 1.54) is 21.3 Å². The van der Waals surface area contributed by atoms with Gasteiger partial charge in [0.1, 0.15) is 17.3 Å². The fraction of sp³-hybridized carbons (Fsp3) is 0.500. The van der Waals surface area contributed by atoms with Crippen molar-refractivity contribution in [2.45, 2.75) is 10.5 Å². The summed E-state index contributed by atoms with van der Waals surface area (Å²) in [6, 6.07) is 3.71. The maximum atomic E-state index is 13.7. The number of carbonyl (C=O) groups excluding carboxylic acids is 1. The number of likely N-dealkylation sites (tertiary alicyclic amines) is 1. The summed E-state index contributed by atoms with van der Waals surface area (Å²) in [7, 11) is -3.83. The number of hydrogen-bond acceptors (Lipinski definition) is 4. The second kappa shape index (κ2) is 6.53. The molecule has 2 saturated heterocycles. The molecule has 2 aliphatic heterocycles. The van der Waals surface area contributed by atoms with Crippen LogP contribution in [0.5, 0.6) is 0 Å². The third kappa shape index (κ3) is 3.20. The highest BCUT2D eigenvalue weighted by Crippen LogP contribution is 2.32. The van der Waals surface area contributed by atoms with Crippen molar-refractivity contribution in [3.63, 3.8) is 0 Å². The van der Waals surface area contributed by atoms with E-state index >= 15 is 0 Å². The minimum atomic E-state index is -3.83. The van der Waals surface area contributed by atoms with Crippen LogP contribution in [0.2, 0.25) is 0 Å². The molecule has 0 saturated carbocycles. The maximum Gasteiger partial charge on any atom is 0.243 e. The van der Waals surface area contributed by atoms with Gasteiger partial charge in [-0.1, -0.05) is 0 Å². The number of halogens is 3. The van der Waals surface area contributed by atoms with E-state index in [0.29, 0.717) is 13.1 Å². The Balaban J connectivity index is 1.77. The lowest BCUT2D eigenvalue weighted by Crippen LogP contribution is -2.71. The van der Waals surface area contributed by atoms with Gasteiger partial charge in [0.25, 0.3) is 0 Å². The lowest BCUT2D eigenvalue weighted by atomic mass is 9.92. The summed E-state index contributed by atoms with van der Waals surface area (Å²) in [5, 5.41) is 0. The number of rotatable bonds is 3. The van der Waals surface area contributed by atoms with Crippen LogP contribution in [-0.2, 0) is 19.6 Å². The van der Waals surface area contributed by atoms with Crippen LogP contribution in [0.25, 0.3) is 0 Å². The number of amides is 1. The lowest BCUT2D eigenvalue weighted by Gasteiger charge is -2.53. The molecule has 0 N–H and O–H groups in total. The average molecular weight is 442 g/mol. The molecule has 0 bridgehead atoms. The second-order valence-corrected chi connectivity index (χ2v) is 8.89. The van der Waals surface area contributed by atoms with Gasteiger partial charge in [0.2, 0.25) is 15.9 Å². The summed E-state index contributed by atoms with van der Waals surface area (Å²) in [5.74, 6) is -0.960. The van der Waals surface area contributed by atoms with Crippen LogP contribution in [0.3, 0.4) is 0 Å². The molecule has 2 fully saturated rings. The Labute approximate surface area is 152 Å². The van der Waals surface area contributed by atoms with Gasteiger partial charge >= 0.3 is 0 Å². The predicted molar refractivity (Wildman–Crippen MR) is 88.8 cm³/mol. The zero-order valence-corrected chi connectivity index (χ0v) is 15.7. The summed E-state index contributed by atoms with van der Waals surface area (Å²) < 4.78 is 46.3. The number of morpholine rings is 1. The number of sulfonamides is 1. The Bertz CT molecular complexity index is 770. The van der Waals surface area contributed by atoms with Crippen LogP contribution in [0.4, 0.5) is 4.39 Å². The first kappa shape index (κ1) is 18.1. The summed E-state index contributed by atoms with van der Waals surface area (Å²) in [5.41, 5.74) is -0.707. The number of hydrogen-bond donors (Lipinski definition) is 0. The molecule has 3 rings (SSSR count). The molecule has 10 heteroatoms. The zero-order valence-electron chi connectivity index (χ0n) is 12.5. The molecular formula is C14H15BrClFN2O4S. The van der Waals surface area contributed by atoms with Gasteiger partial charge in [0.05, 0.1) is 29.1 Å². The molecule has 1 amide bonds. The second-order valence-electron chi connectivity index (χ2n) is 5.83. The Hall–Kier alpha value is -0.740. The topological polar surface area (TPSA) is 66.9 Å². The molecule has 1 aromatic rings. The summed E-state index contributed by atoms with van der Waals surface area (Å²) in [6.45, 7) is 1.14. The Morgan fingerprint density at radius 1 is 1.38 bits per heavy atom. The van der Waals surface area contributed by atoms with Gasteiger partial charge in [0.15, 0.2) is 0 Å². The van der Waals surface area contributed by atoms with Crippen molar-refractivity contribution < 1.29 is 22.3 Å². The van der Waals surface area contributed by atoms with E-state index < -0.39 is 21.4 Å². The average Bonchev–Trinajstić information content (AvgIpc) is 2.54. The van der Waals surface area contributed by atoms with E-state index in [-0.39, 0.29) is 40.9 Å². The first-order valence-electron chi connectivity index (χ1n) is 7.20. The normalized spacial score (nSPS) is 20.9. The third-order valence-electron chi connectivity index (χ3n) is 4.17. The number of alkyl halides is 1. The molecule has 0 radical (unpaired) electrons. The molecule has 0 aromatic heterocycles. The summed E-state index contributed by atoms with van der Waals surface area (Å²) in [4.78, 5) is 13.0. The van der Waals surface area contributed by atoms with Gasteiger partial charge in [-0.15, -0.1) is 11.6 Å². The molecular weight excluding hydrogens is 427 g/mol. The molecule has 0 aliphatic carbocycles. The molecule has 24 heavy (non-hydrogen) atoms. The van der Waals surface area contributed by atoms with E-state index in [4.69, 9.17) is 16.3 Å². The fourth-order valence-electron chi connectivity index (χ4n) is 2.90. The monoisotopic (exact) mass is 440 g/mol. The SMILES string of the molecule is O=C(CCl)N1CC2(C1)CN(S(=O)(=O)c1ccc(Br)c(F)c1)CCO2. The van der Waals surface area contributed by atoms with Crippen LogP contribution in [0.1, 0.15) is 0 Å². The molecule has 2 aliphatic rings. The fourth-order valence-corrected chi connectivity index (χ4v) is 4.83. The Morgan fingerprint density at radius 2 is 2.08 bits per heavy atom. The molecule has 2 heterocycles. The van der Waals surface area contributed by atoms with E-state index in [1.54, 1.807) is 0 Å². The van der Waals surface area contributed by atoms with Crippen molar-refractivity contribution >= 4 is 43.5 Å². The van der Waals surface area contributed by atoms with E-state index in [9.17, 15) is 17.6 Å². The molecule has 132 valence electrons. The van der Waals surface area contributed by atoms with Crippen molar-refractivity contribution in [1.82, 2.24) is 9.21 Å². The minimum Gasteiger partial charge on any atom is -0.369 e. The first-order valence-corrected chi connectivity index (χ1v) is 9.97. The van der Waals surface area contributed by atoms with Crippen LogP contribution in [0.15, 0.2) is 27.6 Å². The Kier molecular flexibility index (Phi) is 4.91. The maximum absolute atomic E-state index is 13.7. The van der Waals surface area contributed by atoms with Gasteiger partial charge < -0.3 is 9.64 Å². The first-order chi connectivity index (χ1) is 11.3. The summed E-state index contributed by atoms with van der Waals surface area (Å²) in [6.07, 6.45) is 0. The minimum absolute atomic E-state index is 0.103. The van der Waals surface area contributed by atoms with E-state index in [1.807, 2.05) is 0 Å². The van der Waals surface area contributed by atoms with Crippen molar-refractivity contribution in [3.8, 4) is 0 Å². The van der Waals surface area contributed by atoms with Gasteiger partial charge in [-0.2, -0.15) is 4.31 Å². The molecule has 1 aromatic carbocycles. The van der Waals surface area contributed by atoms with Crippen molar-refractivity contribution in [2.24, 2.45) is 0 Å². The number of carbonyl (C=O) groups is 1. The number of ether oxygens (including phenoxy) is 1. The van der Waals surface area contributed by atoms with E-state index in [0.717, 1.165) is 6.07 Å². The lowest BCUT2D eigenvalue weighted by molar-refractivity contribution is -0.181. The standard InChI is InChI=1S/C14H15BrClFN2O4S/c15-11-2-1-10(5-12(11)17)24(21,22)19-3-4-23-14(9-19)7-18(8-14)13(20)6-16/h1-2,5H,3-4,6-9H2. The van der Waals surface area contributed by atoms with E-state index in [2.05, 4.69) is 15.9 Å². The molecule has 1 spiro atoms. The molecule has 0 atom stereocenters. The van der Waals surface area contributed by atoms with Gasteiger partial charge in [-0.25, -0.2) is 12.8 Å². The van der Waals surface area contributed by atoms with Crippen molar-refractivity contribution in [2.75, 3.05) is 38.7 Å². The number of nitrogens with zero attached hydrogens (tertiary/aromatic N) is 2. The van der Waals surface area contributed by atoms with Gasteiger partial charge in [-0.3, -0.25) is 4.79 Å². The van der Waals surface area contributed by atoms with Crippen LogP contribution >= 0.6 is 27.5 Å². The van der Waals surface area contributed by atoms with Crippen LogP contribution in [0, 0.1) is 5.82 Å². The largest absolute Gasteiger partial charge is 0.369 e. The highest BCUT2D eigenvalue weighted by atomic mass is 79.9. The molecule has 0 unspecified atom stereocenters. The van der Waals surface area contributed by atoms with Crippen LogP contribution < -0.4 is 0 Å². The summed E-state index contributed by atoms with van der Waals surface area (Å²) >= 11 is 8.52. The van der Waals surface area contributed by atoms with Gasteiger partial charge in [-0.05, 0) is 34.1 Å². The van der Waals surface area contributed by atoms with Crippen LogP contribution in [-0.4, -0.2) is 67.8 Å². The molecule has 6 nitrogen and oxygen atoms in total. The smallest absolute Gasteiger partial charge is 0.243 e. The van der Waals surface area contributed by atoms with Gasteiger partial charge in [0, 0.05) is 13.1 Å². The van der Waals surface area contributed by atoms with Crippen molar-refractivity contribution in [1.29, 1.82) is 0 Å².